The molecule has 1 amide bonds. The van der Waals surface area contributed by atoms with Crippen LogP contribution >= 0.6 is 0 Å². The Morgan fingerprint density at radius 2 is 2.00 bits per heavy atom. The first-order valence-electron chi connectivity index (χ1n) is 9.43. The number of carbonyl (C=O) groups excluding carboxylic acids is 1. The van der Waals surface area contributed by atoms with Crippen LogP contribution in [0, 0.1) is 5.41 Å². The van der Waals surface area contributed by atoms with Crippen LogP contribution in [-0.4, -0.2) is 66.3 Å². The number of aliphatic hydroxyl groups is 1. The molecule has 6 nitrogen and oxygen atoms in total. The summed E-state index contributed by atoms with van der Waals surface area (Å²) >= 11 is 0. The van der Waals surface area contributed by atoms with E-state index in [9.17, 15) is 9.90 Å². The Hall–Kier alpha value is -1.37. The molecule has 2 aliphatic heterocycles. The summed E-state index contributed by atoms with van der Waals surface area (Å²) < 4.78 is 11.3. The molecule has 6 heteroatoms. The minimum absolute atomic E-state index is 0.0368. The smallest absolute Gasteiger partial charge is 0.289 e. The highest BCUT2D eigenvalue weighted by molar-refractivity contribution is 5.91. The number of hydrogen-bond donors (Lipinski definition) is 1. The molecular formula is C19H28N2O4. The zero-order chi connectivity index (χ0) is 17.4. The molecular weight excluding hydrogens is 320 g/mol. The van der Waals surface area contributed by atoms with Gasteiger partial charge < -0.3 is 19.2 Å². The van der Waals surface area contributed by atoms with Gasteiger partial charge in [0.1, 0.15) is 5.76 Å². The lowest BCUT2D eigenvalue weighted by atomic mass is 9.58. The zero-order valence-corrected chi connectivity index (χ0v) is 14.9. The number of amides is 1. The first kappa shape index (κ1) is 17.1. The van der Waals surface area contributed by atoms with Gasteiger partial charge in [0.25, 0.3) is 5.91 Å². The SMILES string of the molecule is CO[C@H]1C[C@@H](O)C12CCN(C(=O)c1ccc(CN3CCCC3)o1)CC2. The number of carbonyl (C=O) groups is 1. The number of rotatable bonds is 4. The Bertz CT molecular complexity index is 615. The number of hydrogen-bond acceptors (Lipinski definition) is 5. The summed E-state index contributed by atoms with van der Waals surface area (Å²) in [5.74, 6) is 1.26. The average molecular weight is 348 g/mol. The summed E-state index contributed by atoms with van der Waals surface area (Å²) in [6.07, 6.45) is 4.61. The number of ether oxygens (including phenoxy) is 1. The van der Waals surface area contributed by atoms with Crippen molar-refractivity contribution in [2.45, 2.75) is 50.9 Å². The third-order valence-electron chi connectivity index (χ3n) is 6.46. The Kier molecular flexibility index (Phi) is 4.60. The molecule has 1 N–H and O–H groups in total. The van der Waals surface area contributed by atoms with Gasteiger partial charge in [0.05, 0.1) is 18.8 Å². The number of aliphatic hydroxyl groups excluding tert-OH is 1. The number of likely N-dealkylation sites (tertiary alicyclic amines) is 2. The maximum Gasteiger partial charge on any atom is 0.289 e. The summed E-state index contributed by atoms with van der Waals surface area (Å²) in [5.41, 5.74) is -0.157. The van der Waals surface area contributed by atoms with Crippen molar-refractivity contribution < 1.29 is 19.1 Å². The van der Waals surface area contributed by atoms with Crippen molar-refractivity contribution in [1.29, 1.82) is 0 Å². The lowest BCUT2D eigenvalue weighted by molar-refractivity contribution is -0.199. The van der Waals surface area contributed by atoms with Crippen molar-refractivity contribution in [3.8, 4) is 0 Å². The molecule has 0 unspecified atom stereocenters. The summed E-state index contributed by atoms with van der Waals surface area (Å²) in [6.45, 7) is 4.32. The Morgan fingerprint density at radius 1 is 1.28 bits per heavy atom. The first-order valence-corrected chi connectivity index (χ1v) is 9.43. The van der Waals surface area contributed by atoms with Gasteiger partial charge >= 0.3 is 0 Å². The summed E-state index contributed by atoms with van der Waals surface area (Å²) in [5, 5.41) is 10.2. The van der Waals surface area contributed by atoms with E-state index in [1.165, 1.54) is 12.8 Å². The Morgan fingerprint density at radius 3 is 2.64 bits per heavy atom. The molecule has 1 aromatic heterocycles. The molecule has 1 spiro atoms. The predicted octanol–water partition coefficient (Wildman–Crippen LogP) is 1.88. The normalized spacial score (nSPS) is 29.1. The van der Waals surface area contributed by atoms with Crippen molar-refractivity contribution in [3.05, 3.63) is 23.7 Å². The van der Waals surface area contributed by atoms with Gasteiger partial charge in [0, 0.05) is 32.0 Å². The van der Waals surface area contributed by atoms with Gasteiger partial charge in [-0.3, -0.25) is 9.69 Å². The van der Waals surface area contributed by atoms with Crippen molar-refractivity contribution in [2.75, 3.05) is 33.3 Å². The minimum atomic E-state index is -0.301. The lowest BCUT2D eigenvalue weighted by Crippen LogP contribution is -2.62. The maximum atomic E-state index is 12.7. The van der Waals surface area contributed by atoms with Crippen LogP contribution in [0.4, 0.5) is 0 Å². The highest BCUT2D eigenvalue weighted by atomic mass is 16.5. The van der Waals surface area contributed by atoms with Crippen LogP contribution in [-0.2, 0) is 11.3 Å². The topological polar surface area (TPSA) is 66.2 Å². The van der Waals surface area contributed by atoms with Crippen LogP contribution in [0.15, 0.2) is 16.5 Å². The van der Waals surface area contributed by atoms with Crippen LogP contribution in [0.3, 0.4) is 0 Å². The van der Waals surface area contributed by atoms with Gasteiger partial charge in [0.2, 0.25) is 0 Å². The molecule has 1 aromatic rings. The van der Waals surface area contributed by atoms with E-state index < -0.39 is 0 Å². The second-order valence-electron chi connectivity index (χ2n) is 7.75. The van der Waals surface area contributed by atoms with E-state index in [2.05, 4.69) is 4.90 Å². The molecule has 3 fully saturated rings. The first-order chi connectivity index (χ1) is 12.1. The number of furan rings is 1. The fourth-order valence-corrected chi connectivity index (χ4v) is 4.73. The van der Waals surface area contributed by atoms with E-state index >= 15 is 0 Å². The highest BCUT2D eigenvalue weighted by Gasteiger charge is 2.56. The van der Waals surface area contributed by atoms with Crippen LogP contribution in [0.1, 0.15) is 48.4 Å². The van der Waals surface area contributed by atoms with Crippen molar-refractivity contribution in [3.63, 3.8) is 0 Å². The molecule has 138 valence electrons. The monoisotopic (exact) mass is 348 g/mol. The highest BCUT2D eigenvalue weighted by Crippen LogP contribution is 2.50. The Balaban J connectivity index is 1.35. The van der Waals surface area contributed by atoms with Crippen LogP contribution in [0.25, 0.3) is 0 Å². The summed E-state index contributed by atoms with van der Waals surface area (Å²) in [6, 6.07) is 3.72. The molecule has 3 heterocycles. The van der Waals surface area contributed by atoms with Gasteiger partial charge in [-0.15, -0.1) is 0 Å². The average Bonchev–Trinajstić information content (AvgIpc) is 3.31. The third-order valence-corrected chi connectivity index (χ3v) is 6.46. The molecule has 4 rings (SSSR count). The molecule has 0 bridgehead atoms. The van der Waals surface area contributed by atoms with Gasteiger partial charge in [-0.05, 0) is 50.9 Å². The summed E-state index contributed by atoms with van der Waals surface area (Å²) in [7, 11) is 1.71. The second kappa shape index (κ2) is 6.74. The van der Waals surface area contributed by atoms with E-state index in [0.717, 1.165) is 38.2 Å². The van der Waals surface area contributed by atoms with Gasteiger partial charge in [-0.2, -0.15) is 0 Å². The van der Waals surface area contributed by atoms with E-state index in [1.54, 1.807) is 13.2 Å². The largest absolute Gasteiger partial charge is 0.455 e. The van der Waals surface area contributed by atoms with E-state index in [4.69, 9.17) is 9.15 Å². The van der Waals surface area contributed by atoms with Gasteiger partial charge in [-0.25, -0.2) is 0 Å². The van der Waals surface area contributed by atoms with Crippen molar-refractivity contribution in [2.24, 2.45) is 5.41 Å². The molecule has 25 heavy (non-hydrogen) atoms. The third kappa shape index (κ3) is 3.00. The van der Waals surface area contributed by atoms with Crippen LogP contribution in [0.5, 0.6) is 0 Å². The molecule has 2 atom stereocenters. The number of nitrogens with zero attached hydrogens (tertiary/aromatic N) is 2. The predicted molar refractivity (Wildman–Crippen MR) is 92.2 cm³/mol. The van der Waals surface area contributed by atoms with Crippen LogP contribution < -0.4 is 0 Å². The van der Waals surface area contributed by atoms with E-state index in [-0.39, 0.29) is 23.5 Å². The minimum Gasteiger partial charge on any atom is -0.455 e. The summed E-state index contributed by atoms with van der Waals surface area (Å²) in [4.78, 5) is 16.9. The molecule has 0 radical (unpaired) electrons. The second-order valence-corrected chi connectivity index (χ2v) is 7.75. The maximum absolute atomic E-state index is 12.7. The lowest BCUT2D eigenvalue weighted by Gasteiger charge is -2.56. The molecule has 1 saturated carbocycles. The fraction of sp³-hybridized carbons (Fsp3) is 0.737. The van der Waals surface area contributed by atoms with Crippen molar-refractivity contribution in [1.82, 2.24) is 9.80 Å². The van der Waals surface area contributed by atoms with Crippen LogP contribution in [0.2, 0.25) is 0 Å². The fourth-order valence-electron chi connectivity index (χ4n) is 4.73. The zero-order valence-electron chi connectivity index (χ0n) is 14.9. The van der Waals surface area contributed by atoms with E-state index in [0.29, 0.717) is 25.3 Å². The molecule has 2 saturated heterocycles. The van der Waals surface area contributed by atoms with E-state index in [1.807, 2.05) is 11.0 Å². The standard InChI is InChI=1S/C19H28N2O4/c1-24-17-12-16(22)19(17)6-10-21(11-7-19)18(23)15-5-4-14(25-15)13-20-8-2-3-9-20/h4-5,16-17,22H,2-3,6-13H2,1H3/t16-,17+/m1/s1. The quantitative estimate of drug-likeness (QED) is 0.900. The molecule has 1 aliphatic carbocycles. The van der Waals surface area contributed by atoms with Gasteiger partial charge in [-0.1, -0.05) is 0 Å². The Labute approximate surface area is 148 Å². The number of piperidine rings is 1. The molecule has 0 aromatic carbocycles. The number of methoxy groups -OCH3 is 1. The van der Waals surface area contributed by atoms with Gasteiger partial charge in [0.15, 0.2) is 5.76 Å². The molecule has 3 aliphatic rings. The van der Waals surface area contributed by atoms with Crippen molar-refractivity contribution >= 4 is 5.91 Å².